The van der Waals surface area contributed by atoms with Crippen molar-refractivity contribution in [3.05, 3.63) is 59.2 Å². The highest BCUT2D eigenvalue weighted by atomic mass is 32.2. The predicted octanol–water partition coefficient (Wildman–Crippen LogP) is 5.13. The van der Waals surface area contributed by atoms with E-state index in [1.165, 1.54) is 0 Å². The second-order valence-electron chi connectivity index (χ2n) is 11.0. The van der Waals surface area contributed by atoms with Crippen LogP contribution in [-0.4, -0.2) is 70.9 Å². The molecule has 4 aliphatic rings. The largest absolute Gasteiger partial charge is 0.507 e. The van der Waals surface area contributed by atoms with Crippen LogP contribution in [-0.2, 0) is 4.79 Å². The van der Waals surface area contributed by atoms with Crippen LogP contribution in [0.4, 0.5) is 8.78 Å². The Morgan fingerprint density at radius 3 is 2.75 bits per heavy atom. The number of piperazine rings is 1. The van der Waals surface area contributed by atoms with Gasteiger partial charge in [-0.25, -0.2) is 8.78 Å². The maximum absolute atomic E-state index is 13.9. The van der Waals surface area contributed by atoms with Gasteiger partial charge in [0.1, 0.15) is 17.2 Å². The number of alkyl halides is 2. The number of thioether (sulfide) groups is 1. The number of benzene rings is 2. The summed E-state index contributed by atoms with van der Waals surface area (Å²) >= 11 is 1.69. The Hall–Kier alpha value is -2.95. The minimum atomic E-state index is -2.61. The second kappa shape index (κ2) is 11.5. The lowest BCUT2D eigenvalue weighted by Crippen LogP contribution is -2.48. The molecule has 1 saturated carbocycles. The molecule has 2 atom stereocenters. The molecule has 2 fully saturated rings. The first kappa shape index (κ1) is 27.2. The van der Waals surface area contributed by atoms with Crippen LogP contribution in [0.1, 0.15) is 49.3 Å². The van der Waals surface area contributed by atoms with Gasteiger partial charge in [0.2, 0.25) is 11.8 Å². The number of phenols is 1. The molecule has 0 unspecified atom stereocenters. The van der Waals surface area contributed by atoms with Crippen LogP contribution in [0.2, 0.25) is 0 Å². The van der Waals surface area contributed by atoms with E-state index in [-0.39, 0.29) is 42.6 Å². The molecule has 0 radical (unpaired) electrons. The number of ether oxygens (including phenoxy) is 1. The summed E-state index contributed by atoms with van der Waals surface area (Å²) in [6.45, 7) is 2.77. The number of amides is 1. The summed E-state index contributed by atoms with van der Waals surface area (Å²) in [5, 5.41) is 18.6. The minimum absolute atomic E-state index is 0.0647. The minimum Gasteiger partial charge on any atom is -0.507 e. The number of hydrogen-bond acceptors (Lipinski definition) is 7. The van der Waals surface area contributed by atoms with Crippen molar-refractivity contribution in [3.8, 4) is 17.2 Å². The van der Waals surface area contributed by atoms with Crippen molar-refractivity contribution in [2.45, 2.75) is 56.2 Å². The highest BCUT2D eigenvalue weighted by Crippen LogP contribution is 2.47. The Morgan fingerprint density at radius 1 is 1.18 bits per heavy atom. The van der Waals surface area contributed by atoms with Crippen molar-refractivity contribution in [3.63, 3.8) is 0 Å². The quantitative estimate of drug-likeness (QED) is 0.410. The third-order valence-corrected chi connectivity index (χ3v) is 9.19. The molecular weight excluding hydrogens is 534 g/mol. The van der Waals surface area contributed by atoms with Crippen LogP contribution in [0.15, 0.2) is 53.0 Å². The Bertz CT molecular complexity index is 1310. The Kier molecular flexibility index (Phi) is 7.83. The van der Waals surface area contributed by atoms with Gasteiger partial charge in [-0.2, -0.15) is 0 Å². The van der Waals surface area contributed by atoms with Gasteiger partial charge in [-0.15, -0.1) is 11.8 Å². The Morgan fingerprint density at radius 2 is 1.98 bits per heavy atom. The van der Waals surface area contributed by atoms with Crippen molar-refractivity contribution < 1.29 is 23.4 Å². The van der Waals surface area contributed by atoms with Crippen LogP contribution in [0.25, 0.3) is 6.08 Å². The van der Waals surface area contributed by atoms with Gasteiger partial charge < -0.3 is 20.5 Å². The molecule has 0 spiro atoms. The fourth-order valence-corrected chi connectivity index (χ4v) is 7.05. The van der Waals surface area contributed by atoms with Gasteiger partial charge in [-0.05, 0) is 49.1 Å². The fraction of sp³-hybridized carbons (Fsp3) is 0.467. The van der Waals surface area contributed by atoms with Gasteiger partial charge in [-0.3, -0.25) is 14.7 Å². The number of nitrogens with zero attached hydrogens (tertiary/aromatic N) is 2. The van der Waals surface area contributed by atoms with E-state index in [1.807, 2.05) is 42.5 Å². The Balaban J connectivity index is 1.23. The monoisotopic (exact) mass is 568 g/mol. The van der Waals surface area contributed by atoms with Crippen LogP contribution >= 0.6 is 11.8 Å². The SMILES string of the molecule is O=C1CN(CC[C@H]2CSC(C3=Cc4cc(Oc5ccccc5)cc(O)c4[C@@H]3NC3CCC(F)(F)CC3)=N2)CCN1. The van der Waals surface area contributed by atoms with Crippen LogP contribution in [0, 0.1) is 0 Å². The first-order valence-corrected chi connectivity index (χ1v) is 15.0. The molecule has 2 aromatic rings. The molecule has 2 aromatic carbocycles. The molecule has 2 aliphatic heterocycles. The topological polar surface area (TPSA) is 86.2 Å². The lowest BCUT2D eigenvalue weighted by molar-refractivity contribution is -0.124. The van der Waals surface area contributed by atoms with Gasteiger partial charge in [0.15, 0.2) is 0 Å². The number of para-hydroxylation sites is 1. The van der Waals surface area contributed by atoms with Gasteiger partial charge >= 0.3 is 0 Å². The maximum Gasteiger partial charge on any atom is 0.248 e. The third kappa shape index (κ3) is 6.19. The summed E-state index contributed by atoms with van der Waals surface area (Å²) < 4.78 is 33.7. The fourth-order valence-electron chi connectivity index (χ4n) is 5.89. The van der Waals surface area contributed by atoms with Crippen LogP contribution in [0.5, 0.6) is 17.2 Å². The number of nitrogens with one attached hydrogen (secondary N) is 2. The average Bonchev–Trinajstić information content (AvgIpc) is 3.54. The molecule has 2 heterocycles. The molecule has 10 heteroatoms. The van der Waals surface area contributed by atoms with E-state index < -0.39 is 5.92 Å². The zero-order valence-electron chi connectivity index (χ0n) is 22.2. The van der Waals surface area contributed by atoms with E-state index in [0.29, 0.717) is 37.4 Å². The van der Waals surface area contributed by atoms with Gasteiger partial charge in [0.05, 0.1) is 23.7 Å². The number of phenolic OH excluding ortho intramolecular Hbond substituents is 1. The van der Waals surface area contributed by atoms with Gasteiger partial charge in [0, 0.05) is 61.5 Å². The van der Waals surface area contributed by atoms with E-state index in [0.717, 1.165) is 47.0 Å². The number of hydrogen-bond donors (Lipinski definition) is 3. The van der Waals surface area contributed by atoms with E-state index >= 15 is 0 Å². The molecule has 0 aromatic heterocycles. The average molecular weight is 569 g/mol. The maximum atomic E-state index is 13.9. The van der Waals surface area contributed by atoms with Crippen LogP contribution in [0.3, 0.4) is 0 Å². The first-order valence-electron chi connectivity index (χ1n) is 14.0. The van der Waals surface area contributed by atoms with E-state index in [1.54, 1.807) is 17.8 Å². The number of carbonyl (C=O) groups excluding carboxylic acids is 1. The molecule has 40 heavy (non-hydrogen) atoms. The summed E-state index contributed by atoms with van der Waals surface area (Å²) in [6, 6.07) is 12.7. The van der Waals surface area contributed by atoms with Crippen molar-refractivity contribution in [1.29, 1.82) is 0 Å². The van der Waals surface area contributed by atoms with Crippen LogP contribution < -0.4 is 15.4 Å². The molecule has 6 rings (SSSR count). The molecule has 1 saturated heterocycles. The summed E-state index contributed by atoms with van der Waals surface area (Å²) in [4.78, 5) is 18.9. The van der Waals surface area contributed by atoms with Crippen molar-refractivity contribution >= 4 is 28.8 Å². The molecule has 212 valence electrons. The zero-order chi connectivity index (χ0) is 27.7. The molecule has 1 amide bonds. The van der Waals surface area contributed by atoms with E-state index in [4.69, 9.17) is 9.73 Å². The smallest absolute Gasteiger partial charge is 0.248 e. The number of halogens is 2. The van der Waals surface area contributed by atoms with Gasteiger partial charge in [0.25, 0.3) is 0 Å². The highest BCUT2D eigenvalue weighted by Gasteiger charge is 2.39. The molecule has 2 aliphatic carbocycles. The molecular formula is C30H34F2N4O3S. The number of fused-ring (bicyclic) bond motifs is 1. The molecule has 7 nitrogen and oxygen atoms in total. The predicted molar refractivity (Wildman–Crippen MR) is 153 cm³/mol. The van der Waals surface area contributed by atoms with E-state index in [2.05, 4.69) is 15.5 Å². The van der Waals surface area contributed by atoms with Crippen molar-refractivity contribution in [1.82, 2.24) is 15.5 Å². The lowest BCUT2D eigenvalue weighted by Gasteiger charge is -2.32. The Labute approximate surface area is 237 Å². The van der Waals surface area contributed by atoms with E-state index in [9.17, 15) is 18.7 Å². The lowest BCUT2D eigenvalue weighted by atomic mass is 9.90. The van der Waals surface area contributed by atoms with Crippen molar-refractivity contribution in [2.75, 3.05) is 31.9 Å². The number of rotatable bonds is 8. The number of aliphatic imine (C=N–C) groups is 1. The summed E-state index contributed by atoms with van der Waals surface area (Å²) in [5.41, 5.74) is 2.54. The molecule has 3 N–H and O–H groups in total. The second-order valence-corrected chi connectivity index (χ2v) is 12.0. The summed E-state index contributed by atoms with van der Waals surface area (Å²) in [7, 11) is 0. The first-order chi connectivity index (χ1) is 19.3. The number of aromatic hydroxyl groups is 1. The number of carbonyl (C=O) groups is 1. The summed E-state index contributed by atoms with van der Waals surface area (Å²) in [6.07, 6.45) is 3.41. The normalized spacial score (nSPS) is 24.8. The summed E-state index contributed by atoms with van der Waals surface area (Å²) in [5.74, 6) is -0.386. The zero-order valence-corrected chi connectivity index (χ0v) is 23.1. The third-order valence-electron chi connectivity index (χ3n) is 8.03. The highest BCUT2D eigenvalue weighted by molar-refractivity contribution is 8.14. The van der Waals surface area contributed by atoms with Gasteiger partial charge in [-0.1, -0.05) is 18.2 Å². The standard InChI is InChI=1S/C30H34F2N4O3S/c31-30(32)9-6-20(7-10-30)34-28-24(29-35-21(18-40-29)8-12-36-13-11-33-26(38)17-36)15-19-14-23(16-25(37)27(19)28)39-22-4-2-1-3-5-22/h1-5,14-16,20-21,28,34,37H,6-13,17-18H2,(H,33,38)/t21-,28+/m0/s1. The molecule has 0 bridgehead atoms. The van der Waals surface area contributed by atoms with Crippen molar-refractivity contribution in [2.24, 2.45) is 4.99 Å².